The lowest BCUT2D eigenvalue weighted by Crippen LogP contribution is -2.41. The second kappa shape index (κ2) is 5.09. The second-order valence-electron chi connectivity index (χ2n) is 5.43. The van der Waals surface area contributed by atoms with Gasteiger partial charge in [-0.2, -0.15) is 13.2 Å². The number of pyridine rings is 1. The van der Waals surface area contributed by atoms with Crippen LogP contribution in [0.4, 0.5) is 24.5 Å². The quantitative estimate of drug-likeness (QED) is 0.817. The summed E-state index contributed by atoms with van der Waals surface area (Å²) in [6.07, 6.45) is -1.76. The molecule has 1 aromatic heterocycles. The van der Waals surface area contributed by atoms with Crippen molar-refractivity contribution in [3.05, 3.63) is 30.5 Å². The highest BCUT2D eigenvalue weighted by atomic mass is 19.4. The average Bonchev–Trinajstić information content (AvgIpc) is 2.45. The van der Waals surface area contributed by atoms with E-state index in [1.54, 1.807) is 24.4 Å². The highest BCUT2D eigenvalue weighted by molar-refractivity contribution is 5.93. The zero-order valence-corrected chi connectivity index (χ0v) is 11.4. The zero-order valence-electron chi connectivity index (χ0n) is 11.4. The Balaban J connectivity index is 1.96. The number of alkyl halides is 3. The first-order chi connectivity index (χ1) is 9.95. The van der Waals surface area contributed by atoms with Crippen LogP contribution in [-0.2, 0) is 0 Å². The number of fused-ring (bicyclic) bond motifs is 1. The topological polar surface area (TPSA) is 42.1 Å². The third kappa shape index (κ3) is 2.75. The number of hydrogen-bond acceptors (Lipinski definition) is 3. The molecule has 0 amide bonds. The molecule has 1 aromatic carbocycles. The molecule has 1 unspecified atom stereocenters. The number of hydrogen-bond donors (Lipinski definition) is 1. The van der Waals surface area contributed by atoms with Gasteiger partial charge in [0.25, 0.3) is 0 Å². The Bertz CT molecular complexity index is 654. The highest BCUT2D eigenvalue weighted by Crippen LogP contribution is 2.36. The Morgan fingerprint density at radius 1 is 1.24 bits per heavy atom. The van der Waals surface area contributed by atoms with Crippen LogP contribution in [0.2, 0.25) is 0 Å². The van der Waals surface area contributed by atoms with Crippen LogP contribution >= 0.6 is 0 Å². The van der Waals surface area contributed by atoms with Crippen LogP contribution in [0.15, 0.2) is 30.5 Å². The van der Waals surface area contributed by atoms with Gasteiger partial charge in [-0.25, -0.2) is 0 Å². The van der Waals surface area contributed by atoms with Gasteiger partial charge in [0.1, 0.15) is 0 Å². The molecule has 0 aliphatic carbocycles. The molecule has 0 bridgehead atoms. The van der Waals surface area contributed by atoms with Gasteiger partial charge >= 0.3 is 6.18 Å². The molecule has 3 rings (SSSR count). The number of piperidine rings is 1. The fraction of sp³-hybridized carbons (Fsp3) is 0.400. The number of halogens is 3. The summed E-state index contributed by atoms with van der Waals surface area (Å²) in [4.78, 5) is 6.04. The van der Waals surface area contributed by atoms with Crippen LogP contribution in [0.1, 0.15) is 12.8 Å². The molecule has 6 heteroatoms. The van der Waals surface area contributed by atoms with Crippen LogP contribution in [0.5, 0.6) is 0 Å². The van der Waals surface area contributed by atoms with Crippen LogP contribution in [0, 0.1) is 5.92 Å². The molecule has 0 saturated carbocycles. The normalized spacial score (nSPS) is 20.0. The molecule has 21 heavy (non-hydrogen) atoms. The SMILES string of the molecule is Nc1ccc2c(N3CCCC(C(F)(F)F)C3)ccnc2c1. The first-order valence-corrected chi connectivity index (χ1v) is 6.91. The summed E-state index contributed by atoms with van der Waals surface area (Å²) >= 11 is 0. The molecule has 1 atom stereocenters. The fourth-order valence-electron chi connectivity index (χ4n) is 2.89. The molecular formula is C15H16F3N3. The van der Waals surface area contributed by atoms with E-state index in [-0.39, 0.29) is 13.0 Å². The van der Waals surface area contributed by atoms with Crippen LogP contribution < -0.4 is 10.6 Å². The van der Waals surface area contributed by atoms with Gasteiger partial charge in [-0.15, -0.1) is 0 Å². The van der Waals surface area contributed by atoms with E-state index in [0.29, 0.717) is 24.2 Å². The Kier molecular flexibility index (Phi) is 3.39. The number of nitrogen functional groups attached to an aromatic ring is 1. The van der Waals surface area contributed by atoms with Crippen molar-refractivity contribution in [1.82, 2.24) is 4.98 Å². The van der Waals surface area contributed by atoms with Gasteiger partial charge < -0.3 is 10.6 Å². The third-order valence-corrected chi connectivity index (χ3v) is 3.97. The van der Waals surface area contributed by atoms with Gasteiger partial charge in [0.05, 0.1) is 11.4 Å². The highest BCUT2D eigenvalue weighted by Gasteiger charge is 2.42. The van der Waals surface area contributed by atoms with Gasteiger partial charge in [0.2, 0.25) is 0 Å². The molecule has 0 radical (unpaired) electrons. The number of rotatable bonds is 1. The summed E-state index contributed by atoms with van der Waals surface area (Å²) in [6.45, 7) is 0.642. The Hall–Kier alpha value is -1.98. The zero-order chi connectivity index (χ0) is 15.0. The van der Waals surface area contributed by atoms with Crippen molar-refractivity contribution in [2.45, 2.75) is 19.0 Å². The number of benzene rings is 1. The summed E-state index contributed by atoms with van der Waals surface area (Å²) in [5, 5.41) is 0.842. The van der Waals surface area contributed by atoms with E-state index >= 15 is 0 Å². The minimum absolute atomic E-state index is 0.00693. The maximum absolute atomic E-state index is 12.9. The van der Waals surface area contributed by atoms with Crippen molar-refractivity contribution in [1.29, 1.82) is 0 Å². The molecule has 1 fully saturated rings. The molecule has 1 saturated heterocycles. The summed E-state index contributed by atoms with van der Waals surface area (Å²) < 4.78 is 38.8. The number of nitrogens with zero attached hydrogens (tertiary/aromatic N) is 2. The van der Waals surface area contributed by atoms with E-state index < -0.39 is 12.1 Å². The predicted molar refractivity (Wildman–Crippen MR) is 77.1 cm³/mol. The number of nitrogens with two attached hydrogens (primary N) is 1. The van der Waals surface area contributed by atoms with Crippen molar-refractivity contribution >= 4 is 22.3 Å². The maximum atomic E-state index is 12.9. The summed E-state index contributed by atoms with van der Waals surface area (Å²) in [5.41, 5.74) is 7.84. The van der Waals surface area contributed by atoms with Crippen LogP contribution in [-0.4, -0.2) is 24.2 Å². The third-order valence-electron chi connectivity index (χ3n) is 3.97. The number of anilines is 2. The van der Waals surface area contributed by atoms with Gasteiger partial charge in [0, 0.05) is 36.0 Å². The maximum Gasteiger partial charge on any atom is 0.393 e. The fourth-order valence-corrected chi connectivity index (χ4v) is 2.89. The Morgan fingerprint density at radius 3 is 2.81 bits per heavy atom. The largest absolute Gasteiger partial charge is 0.399 e. The van der Waals surface area contributed by atoms with E-state index in [1.807, 2.05) is 11.0 Å². The van der Waals surface area contributed by atoms with E-state index in [4.69, 9.17) is 5.73 Å². The first kappa shape index (κ1) is 14.0. The van der Waals surface area contributed by atoms with Gasteiger partial charge in [-0.05, 0) is 37.1 Å². The molecule has 2 N–H and O–H groups in total. The standard InChI is InChI=1S/C15H16F3N3/c16-15(17,18)10-2-1-7-21(9-10)14-5-6-20-13-8-11(19)3-4-12(13)14/h3-6,8,10H,1-2,7,9,19H2. The molecule has 1 aliphatic heterocycles. The minimum atomic E-state index is -4.13. The summed E-state index contributed by atoms with van der Waals surface area (Å²) in [7, 11) is 0. The monoisotopic (exact) mass is 295 g/mol. The lowest BCUT2D eigenvalue weighted by atomic mass is 9.96. The van der Waals surface area contributed by atoms with Gasteiger partial charge in [-0.1, -0.05) is 0 Å². The first-order valence-electron chi connectivity index (χ1n) is 6.91. The molecule has 2 heterocycles. The van der Waals surface area contributed by atoms with Gasteiger partial charge in [0.15, 0.2) is 0 Å². The molecule has 3 nitrogen and oxygen atoms in total. The van der Waals surface area contributed by atoms with Crippen molar-refractivity contribution in [2.75, 3.05) is 23.7 Å². The minimum Gasteiger partial charge on any atom is -0.399 e. The van der Waals surface area contributed by atoms with E-state index in [2.05, 4.69) is 4.98 Å². The lowest BCUT2D eigenvalue weighted by Gasteiger charge is -2.35. The molecule has 112 valence electrons. The second-order valence-corrected chi connectivity index (χ2v) is 5.43. The smallest absolute Gasteiger partial charge is 0.393 e. The van der Waals surface area contributed by atoms with Crippen molar-refractivity contribution in [3.63, 3.8) is 0 Å². The molecule has 2 aromatic rings. The van der Waals surface area contributed by atoms with E-state index in [0.717, 1.165) is 11.1 Å². The summed E-state index contributed by atoms with van der Waals surface area (Å²) in [6, 6.07) is 7.09. The molecule has 1 aliphatic rings. The van der Waals surface area contributed by atoms with Crippen molar-refractivity contribution in [2.24, 2.45) is 5.92 Å². The van der Waals surface area contributed by atoms with E-state index in [9.17, 15) is 13.2 Å². The molecular weight excluding hydrogens is 279 g/mol. The van der Waals surface area contributed by atoms with Crippen LogP contribution in [0.25, 0.3) is 10.9 Å². The van der Waals surface area contributed by atoms with Crippen molar-refractivity contribution < 1.29 is 13.2 Å². The van der Waals surface area contributed by atoms with Gasteiger partial charge in [-0.3, -0.25) is 4.98 Å². The Labute approximate surface area is 120 Å². The average molecular weight is 295 g/mol. The summed E-state index contributed by atoms with van der Waals surface area (Å²) in [5.74, 6) is -1.26. The van der Waals surface area contributed by atoms with E-state index in [1.165, 1.54) is 0 Å². The lowest BCUT2D eigenvalue weighted by molar-refractivity contribution is -0.175. The number of aromatic nitrogens is 1. The van der Waals surface area contributed by atoms with Crippen molar-refractivity contribution in [3.8, 4) is 0 Å². The molecule has 0 spiro atoms. The predicted octanol–water partition coefficient (Wildman–Crippen LogP) is 3.60. The van der Waals surface area contributed by atoms with Crippen LogP contribution in [0.3, 0.4) is 0 Å². The Morgan fingerprint density at radius 2 is 2.05 bits per heavy atom.